The van der Waals surface area contributed by atoms with Crippen LogP contribution < -0.4 is 10.5 Å². The molecule has 28 heavy (non-hydrogen) atoms. The van der Waals surface area contributed by atoms with Crippen LogP contribution in [0.15, 0.2) is 52.9 Å². The maximum atomic E-state index is 13.4. The number of methoxy groups -OCH3 is 1. The monoisotopic (exact) mass is 378 g/mol. The molecular weight excluding hydrogens is 352 g/mol. The number of ether oxygens (including phenoxy) is 1. The van der Waals surface area contributed by atoms with Crippen molar-refractivity contribution >= 4 is 16.9 Å². The van der Waals surface area contributed by atoms with E-state index in [-0.39, 0.29) is 11.9 Å². The molecular formula is C23H26N2O3. The number of carbonyl (C=O) groups is 1. The van der Waals surface area contributed by atoms with Gasteiger partial charge in [0.2, 0.25) is 5.76 Å². The lowest BCUT2D eigenvalue weighted by atomic mass is 9.92. The molecule has 0 radical (unpaired) electrons. The molecule has 1 saturated heterocycles. The SMILES string of the molecule is COc1ccc2c(-c3ccccc3)c(C(=O)N3CCCC(C(C)N)C3)oc2c1. The molecule has 1 aliphatic heterocycles. The van der Waals surface area contributed by atoms with Crippen LogP contribution in [0, 0.1) is 5.92 Å². The predicted octanol–water partition coefficient (Wildman–Crippen LogP) is 4.31. The minimum absolute atomic E-state index is 0.0700. The van der Waals surface area contributed by atoms with Gasteiger partial charge in [-0.25, -0.2) is 0 Å². The third kappa shape index (κ3) is 3.38. The van der Waals surface area contributed by atoms with Crippen molar-refractivity contribution in [2.75, 3.05) is 20.2 Å². The Kier molecular flexibility index (Phi) is 5.09. The molecule has 1 amide bonds. The van der Waals surface area contributed by atoms with Crippen LogP contribution in [0.2, 0.25) is 0 Å². The quantitative estimate of drug-likeness (QED) is 0.735. The van der Waals surface area contributed by atoms with Crippen molar-refractivity contribution in [3.05, 3.63) is 54.3 Å². The molecule has 2 atom stereocenters. The van der Waals surface area contributed by atoms with Gasteiger partial charge in [0.1, 0.15) is 11.3 Å². The lowest BCUT2D eigenvalue weighted by Crippen LogP contribution is -2.45. The van der Waals surface area contributed by atoms with Crippen LogP contribution in [-0.4, -0.2) is 37.0 Å². The first kappa shape index (κ1) is 18.6. The van der Waals surface area contributed by atoms with E-state index in [0.717, 1.165) is 35.9 Å². The van der Waals surface area contributed by atoms with Crippen LogP contribution in [-0.2, 0) is 0 Å². The largest absolute Gasteiger partial charge is 0.497 e. The van der Waals surface area contributed by atoms with Crippen molar-refractivity contribution in [2.45, 2.75) is 25.8 Å². The second-order valence-corrected chi connectivity index (χ2v) is 7.55. The van der Waals surface area contributed by atoms with E-state index in [0.29, 0.717) is 29.6 Å². The van der Waals surface area contributed by atoms with Crippen LogP contribution in [0.5, 0.6) is 5.75 Å². The Morgan fingerprint density at radius 3 is 2.75 bits per heavy atom. The highest BCUT2D eigenvalue weighted by atomic mass is 16.5. The molecule has 2 heterocycles. The van der Waals surface area contributed by atoms with Crippen molar-refractivity contribution in [1.82, 2.24) is 4.90 Å². The van der Waals surface area contributed by atoms with Crippen LogP contribution in [0.1, 0.15) is 30.3 Å². The highest BCUT2D eigenvalue weighted by Crippen LogP contribution is 2.37. The Morgan fingerprint density at radius 1 is 1.25 bits per heavy atom. The molecule has 0 saturated carbocycles. The molecule has 5 heteroatoms. The van der Waals surface area contributed by atoms with E-state index in [2.05, 4.69) is 0 Å². The van der Waals surface area contributed by atoms with Gasteiger partial charge in [0, 0.05) is 36.1 Å². The average molecular weight is 378 g/mol. The van der Waals surface area contributed by atoms with Crippen LogP contribution in [0.3, 0.4) is 0 Å². The number of hydrogen-bond donors (Lipinski definition) is 1. The fourth-order valence-electron chi connectivity index (χ4n) is 4.01. The summed E-state index contributed by atoms with van der Waals surface area (Å²) in [6.45, 7) is 3.42. The Balaban J connectivity index is 1.80. The maximum absolute atomic E-state index is 13.4. The van der Waals surface area contributed by atoms with Gasteiger partial charge in [0.15, 0.2) is 0 Å². The summed E-state index contributed by atoms with van der Waals surface area (Å²) in [6, 6.07) is 15.7. The number of benzene rings is 2. The lowest BCUT2D eigenvalue weighted by Gasteiger charge is -2.34. The van der Waals surface area contributed by atoms with E-state index >= 15 is 0 Å². The second-order valence-electron chi connectivity index (χ2n) is 7.55. The molecule has 0 spiro atoms. The first-order valence-corrected chi connectivity index (χ1v) is 9.79. The molecule has 1 fully saturated rings. The zero-order valence-electron chi connectivity index (χ0n) is 16.4. The number of amides is 1. The number of furan rings is 1. The van der Waals surface area contributed by atoms with Crippen LogP contribution in [0.4, 0.5) is 0 Å². The van der Waals surface area contributed by atoms with Crippen LogP contribution >= 0.6 is 0 Å². The molecule has 5 nitrogen and oxygen atoms in total. The zero-order valence-corrected chi connectivity index (χ0v) is 16.4. The van der Waals surface area contributed by atoms with Gasteiger partial charge in [0.25, 0.3) is 5.91 Å². The standard InChI is InChI=1S/C23H26N2O3/c1-15(24)17-9-6-12-25(14-17)23(26)22-21(16-7-4-3-5-8-16)19-11-10-18(27-2)13-20(19)28-22/h3-5,7-8,10-11,13,15,17H,6,9,12,14,24H2,1-2H3. The van der Waals surface area contributed by atoms with Gasteiger partial charge in [-0.05, 0) is 43.4 Å². The minimum Gasteiger partial charge on any atom is -0.497 e. The third-order valence-electron chi connectivity index (χ3n) is 5.64. The van der Waals surface area contributed by atoms with E-state index in [1.54, 1.807) is 7.11 Å². The number of rotatable bonds is 4. The van der Waals surface area contributed by atoms with E-state index in [1.807, 2.05) is 60.4 Å². The number of piperidine rings is 1. The summed E-state index contributed by atoms with van der Waals surface area (Å²) >= 11 is 0. The molecule has 2 aromatic carbocycles. The van der Waals surface area contributed by atoms with Gasteiger partial charge in [-0.2, -0.15) is 0 Å². The summed E-state index contributed by atoms with van der Waals surface area (Å²) in [4.78, 5) is 15.3. The third-order valence-corrected chi connectivity index (χ3v) is 5.64. The lowest BCUT2D eigenvalue weighted by molar-refractivity contribution is 0.0632. The van der Waals surface area contributed by atoms with Gasteiger partial charge >= 0.3 is 0 Å². The van der Waals surface area contributed by atoms with Crippen molar-refractivity contribution in [3.63, 3.8) is 0 Å². The summed E-state index contributed by atoms with van der Waals surface area (Å²) in [7, 11) is 1.62. The Labute approximate surface area is 165 Å². The topological polar surface area (TPSA) is 68.7 Å². The first-order valence-electron chi connectivity index (χ1n) is 9.79. The zero-order chi connectivity index (χ0) is 19.7. The Morgan fingerprint density at radius 2 is 2.04 bits per heavy atom. The maximum Gasteiger partial charge on any atom is 0.290 e. The summed E-state index contributed by atoms with van der Waals surface area (Å²) < 4.78 is 11.4. The average Bonchev–Trinajstić information content (AvgIpc) is 3.12. The van der Waals surface area contributed by atoms with Gasteiger partial charge in [-0.3, -0.25) is 4.79 Å². The summed E-state index contributed by atoms with van der Waals surface area (Å²) in [5, 5.41) is 0.913. The normalized spacial score (nSPS) is 18.2. The van der Waals surface area contributed by atoms with Gasteiger partial charge in [-0.15, -0.1) is 0 Å². The first-order chi connectivity index (χ1) is 13.6. The molecule has 1 aliphatic rings. The minimum atomic E-state index is -0.0700. The Hall–Kier alpha value is -2.79. The van der Waals surface area contributed by atoms with Crippen molar-refractivity contribution < 1.29 is 13.9 Å². The number of fused-ring (bicyclic) bond motifs is 1. The fourth-order valence-corrected chi connectivity index (χ4v) is 4.01. The van der Waals surface area contributed by atoms with Crippen molar-refractivity contribution in [2.24, 2.45) is 11.7 Å². The van der Waals surface area contributed by atoms with Gasteiger partial charge in [-0.1, -0.05) is 30.3 Å². The number of nitrogens with two attached hydrogens (primary N) is 1. The van der Waals surface area contributed by atoms with E-state index in [9.17, 15) is 4.79 Å². The molecule has 2 unspecified atom stereocenters. The van der Waals surface area contributed by atoms with Crippen LogP contribution in [0.25, 0.3) is 22.1 Å². The summed E-state index contributed by atoms with van der Waals surface area (Å²) in [6.07, 6.45) is 2.02. The van der Waals surface area contributed by atoms with Gasteiger partial charge < -0.3 is 19.8 Å². The van der Waals surface area contributed by atoms with Crippen molar-refractivity contribution in [3.8, 4) is 16.9 Å². The number of carbonyl (C=O) groups excluding carboxylic acids is 1. The molecule has 2 N–H and O–H groups in total. The van der Waals surface area contributed by atoms with E-state index in [1.165, 1.54) is 0 Å². The number of nitrogens with zero attached hydrogens (tertiary/aromatic N) is 1. The molecule has 0 bridgehead atoms. The second kappa shape index (κ2) is 7.68. The summed E-state index contributed by atoms with van der Waals surface area (Å²) in [5.41, 5.74) is 8.57. The van der Waals surface area contributed by atoms with E-state index < -0.39 is 0 Å². The Bertz CT molecular complexity index is 978. The smallest absolute Gasteiger partial charge is 0.290 e. The van der Waals surface area contributed by atoms with E-state index in [4.69, 9.17) is 14.9 Å². The molecule has 0 aliphatic carbocycles. The number of hydrogen-bond acceptors (Lipinski definition) is 4. The molecule has 1 aromatic heterocycles. The fraction of sp³-hybridized carbons (Fsp3) is 0.348. The predicted molar refractivity (Wildman–Crippen MR) is 110 cm³/mol. The highest BCUT2D eigenvalue weighted by molar-refractivity contribution is 6.08. The highest BCUT2D eigenvalue weighted by Gasteiger charge is 2.31. The van der Waals surface area contributed by atoms with Crippen molar-refractivity contribution in [1.29, 1.82) is 0 Å². The summed E-state index contributed by atoms with van der Waals surface area (Å²) in [5.74, 6) is 1.34. The number of likely N-dealkylation sites (tertiary alicyclic amines) is 1. The van der Waals surface area contributed by atoms with Gasteiger partial charge in [0.05, 0.1) is 7.11 Å². The molecule has 4 rings (SSSR count). The molecule has 146 valence electrons. The molecule has 3 aromatic rings.